The Morgan fingerprint density at radius 3 is 3.08 bits per heavy atom. The van der Waals surface area contributed by atoms with E-state index in [2.05, 4.69) is 4.98 Å². The Morgan fingerprint density at radius 2 is 2.46 bits per heavy atom. The van der Waals surface area contributed by atoms with Gasteiger partial charge in [0.15, 0.2) is 5.78 Å². The molecule has 13 heavy (non-hydrogen) atoms. The summed E-state index contributed by atoms with van der Waals surface area (Å²) in [5.74, 6) is 0.868. The van der Waals surface area contributed by atoms with Crippen LogP contribution in [-0.4, -0.2) is 29.1 Å². The van der Waals surface area contributed by atoms with Crippen molar-refractivity contribution in [3.05, 3.63) is 18.2 Å². The first-order valence-electron chi connectivity index (χ1n) is 4.28. The molecule has 1 heterocycles. The molecule has 1 aromatic heterocycles. The van der Waals surface area contributed by atoms with E-state index in [1.54, 1.807) is 6.20 Å². The van der Waals surface area contributed by atoms with Gasteiger partial charge in [0.25, 0.3) is 0 Å². The second-order valence-electron chi connectivity index (χ2n) is 2.78. The first kappa shape index (κ1) is 9.92. The summed E-state index contributed by atoms with van der Waals surface area (Å²) in [7, 11) is 1.52. The van der Waals surface area contributed by atoms with Crippen LogP contribution < -0.4 is 0 Å². The molecule has 0 aliphatic carbocycles. The SMILES string of the molecule is CCn1ccnc1CC(=O)COC. The second-order valence-corrected chi connectivity index (χ2v) is 2.78. The summed E-state index contributed by atoms with van der Waals surface area (Å²) in [4.78, 5) is 15.3. The zero-order valence-corrected chi connectivity index (χ0v) is 7.99. The van der Waals surface area contributed by atoms with E-state index in [1.165, 1.54) is 7.11 Å². The van der Waals surface area contributed by atoms with Gasteiger partial charge < -0.3 is 9.30 Å². The lowest BCUT2D eigenvalue weighted by molar-refractivity contribution is -0.122. The molecule has 0 saturated heterocycles. The Morgan fingerprint density at radius 1 is 1.69 bits per heavy atom. The van der Waals surface area contributed by atoms with E-state index in [0.29, 0.717) is 6.42 Å². The molecule has 0 aliphatic rings. The third kappa shape index (κ3) is 2.66. The molecule has 0 amide bonds. The van der Waals surface area contributed by atoms with Gasteiger partial charge in [-0.3, -0.25) is 4.79 Å². The molecule has 0 unspecified atom stereocenters. The minimum absolute atomic E-state index is 0.0587. The van der Waals surface area contributed by atoms with Crippen LogP contribution in [0.2, 0.25) is 0 Å². The number of aromatic nitrogens is 2. The molecule has 0 aromatic carbocycles. The van der Waals surface area contributed by atoms with E-state index < -0.39 is 0 Å². The summed E-state index contributed by atoms with van der Waals surface area (Å²) in [6.07, 6.45) is 3.93. The molecule has 0 N–H and O–H groups in total. The van der Waals surface area contributed by atoms with Crippen LogP contribution in [0.5, 0.6) is 0 Å². The summed E-state index contributed by atoms with van der Waals surface area (Å²) >= 11 is 0. The molecule has 0 atom stereocenters. The summed E-state index contributed by atoms with van der Waals surface area (Å²) in [5, 5.41) is 0. The highest BCUT2D eigenvalue weighted by atomic mass is 16.5. The number of aryl methyl sites for hydroxylation is 1. The number of carbonyl (C=O) groups excluding carboxylic acids is 1. The first-order valence-corrected chi connectivity index (χ1v) is 4.28. The van der Waals surface area contributed by atoms with Crippen molar-refractivity contribution in [1.82, 2.24) is 9.55 Å². The fraction of sp³-hybridized carbons (Fsp3) is 0.556. The monoisotopic (exact) mass is 182 g/mol. The Labute approximate surface area is 77.5 Å². The molecule has 1 rings (SSSR count). The number of ketones is 1. The summed E-state index contributed by atoms with van der Waals surface area (Å²) in [6.45, 7) is 3.03. The molecule has 72 valence electrons. The standard InChI is InChI=1S/C9H14N2O2/c1-3-11-5-4-10-9(11)6-8(12)7-13-2/h4-5H,3,6-7H2,1-2H3. The number of rotatable bonds is 5. The van der Waals surface area contributed by atoms with Crippen LogP contribution >= 0.6 is 0 Å². The van der Waals surface area contributed by atoms with Crippen molar-refractivity contribution < 1.29 is 9.53 Å². The van der Waals surface area contributed by atoms with E-state index in [1.807, 2.05) is 17.7 Å². The van der Waals surface area contributed by atoms with Gasteiger partial charge in [-0.05, 0) is 6.92 Å². The maximum absolute atomic E-state index is 11.2. The normalized spacial score (nSPS) is 10.3. The highest BCUT2D eigenvalue weighted by molar-refractivity contribution is 5.81. The van der Waals surface area contributed by atoms with Crippen LogP contribution in [0.3, 0.4) is 0 Å². The molecule has 0 bridgehead atoms. The van der Waals surface area contributed by atoms with Gasteiger partial charge in [0.2, 0.25) is 0 Å². The summed E-state index contributed by atoms with van der Waals surface area (Å²) < 4.78 is 6.69. The van der Waals surface area contributed by atoms with Crippen molar-refractivity contribution in [2.24, 2.45) is 0 Å². The molecule has 0 fully saturated rings. The molecular formula is C9H14N2O2. The molecule has 0 spiro atoms. The predicted octanol–water partition coefficient (Wildman–Crippen LogP) is 0.661. The van der Waals surface area contributed by atoms with Gasteiger partial charge in [-0.25, -0.2) is 4.98 Å². The first-order chi connectivity index (χ1) is 6.27. The van der Waals surface area contributed by atoms with Crippen LogP contribution in [0.1, 0.15) is 12.7 Å². The summed E-state index contributed by atoms with van der Waals surface area (Å²) in [5.41, 5.74) is 0. The predicted molar refractivity (Wildman–Crippen MR) is 48.5 cm³/mol. The minimum Gasteiger partial charge on any atom is -0.377 e. The lowest BCUT2D eigenvalue weighted by Crippen LogP contribution is -2.13. The fourth-order valence-corrected chi connectivity index (χ4v) is 1.18. The Balaban J connectivity index is 2.57. The van der Waals surface area contributed by atoms with Crippen molar-refractivity contribution in [3.63, 3.8) is 0 Å². The smallest absolute Gasteiger partial charge is 0.165 e. The maximum atomic E-state index is 11.2. The van der Waals surface area contributed by atoms with Crippen LogP contribution in [0.25, 0.3) is 0 Å². The number of carbonyl (C=O) groups is 1. The van der Waals surface area contributed by atoms with E-state index in [0.717, 1.165) is 12.4 Å². The van der Waals surface area contributed by atoms with Crippen LogP contribution in [0.4, 0.5) is 0 Å². The van der Waals surface area contributed by atoms with Crippen molar-refractivity contribution in [3.8, 4) is 0 Å². The third-order valence-electron chi connectivity index (χ3n) is 1.80. The molecule has 0 saturated carbocycles. The van der Waals surface area contributed by atoms with Crippen molar-refractivity contribution in [2.45, 2.75) is 19.9 Å². The molecular weight excluding hydrogens is 168 g/mol. The Bertz CT molecular complexity index is 281. The highest BCUT2D eigenvalue weighted by Gasteiger charge is 2.07. The van der Waals surface area contributed by atoms with Crippen LogP contribution in [0.15, 0.2) is 12.4 Å². The summed E-state index contributed by atoms with van der Waals surface area (Å²) in [6, 6.07) is 0. The molecule has 1 aromatic rings. The number of methoxy groups -OCH3 is 1. The average Bonchev–Trinajstić information content (AvgIpc) is 2.52. The quantitative estimate of drug-likeness (QED) is 0.672. The van der Waals surface area contributed by atoms with Crippen molar-refractivity contribution >= 4 is 5.78 Å². The van der Waals surface area contributed by atoms with Gasteiger partial charge >= 0.3 is 0 Å². The third-order valence-corrected chi connectivity index (χ3v) is 1.80. The zero-order chi connectivity index (χ0) is 9.68. The number of hydrogen-bond donors (Lipinski definition) is 0. The molecule has 0 radical (unpaired) electrons. The van der Waals surface area contributed by atoms with Crippen LogP contribution in [0, 0.1) is 0 Å². The Kier molecular flexibility index (Phi) is 3.64. The van der Waals surface area contributed by atoms with Gasteiger partial charge in [0, 0.05) is 26.0 Å². The largest absolute Gasteiger partial charge is 0.377 e. The average molecular weight is 182 g/mol. The maximum Gasteiger partial charge on any atom is 0.165 e. The molecule has 4 nitrogen and oxygen atoms in total. The topological polar surface area (TPSA) is 44.1 Å². The van der Waals surface area contributed by atoms with Gasteiger partial charge in [0.1, 0.15) is 12.4 Å². The number of Topliss-reactive ketones (excluding diaryl/α,β-unsaturated/α-hetero) is 1. The van der Waals surface area contributed by atoms with Gasteiger partial charge in [0.05, 0.1) is 6.42 Å². The van der Waals surface area contributed by atoms with E-state index in [4.69, 9.17) is 4.74 Å². The van der Waals surface area contributed by atoms with E-state index in [9.17, 15) is 4.79 Å². The lowest BCUT2D eigenvalue weighted by Gasteiger charge is -2.02. The fourth-order valence-electron chi connectivity index (χ4n) is 1.18. The number of hydrogen-bond acceptors (Lipinski definition) is 3. The zero-order valence-electron chi connectivity index (χ0n) is 7.99. The van der Waals surface area contributed by atoms with Gasteiger partial charge in [-0.1, -0.05) is 0 Å². The van der Waals surface area contributed by atoms with E-state index >= 15 is 0 Å². The second kappa shape index (κ2) is 4.77. The minimum atomic E-state index is 0.0587. The van der Waals surface area contributed by atoms with Crippen molar-refractivity contribution in [1.29, 1.82) is 0 Å². The van der Waals surface area contributed by atoms with Crippen LogP contribution in [-0.2, 0) is 22.5 Å². The van der Waals surface area contributed by atoms with Gasteiger partial charge in [-0.15, -0.1) is 0 Å². The lowest BCUT2D eigenvalue weighted by atomic mass is 10.3. The molecule has 4 heteroatoms. The van der Waals surface area contributed by atoms with Crippen molar-refractivity contribution in [2.75, 3.05) is 13.7 Å². The molecule has 0 aliphatic heterocycles. The highest BCUT2D eigenvalue weighted by Crippen LogP contribution is 1.99. The van der Waals surface area contributed by atoms with E-state index in [-0.39, 0.29) is 12.4 Å². The Hall–Kier alpha value is -1.16. The number of ether oxygens (including phenoxy) is 1. The number of imidazole rings is 1. The van der Waals surface area contributed by atoms with Gasteiger partial charge in [-0.2, -0.15) is 0 Å². The number of nitrogens with zero attached hydrogens (tertiary/aromatic N) is 2.